The Morgan fingerprint density at radius 3 is 2.62 bits per heavy atom. The van der Waals surface area contributed by atoms with E-state index in [1.54, 1.807) is 6.07 Å². The van der Waals surface area contributed by atoms with Crippen molar-refractivity contribution in [1.82, 2.24) is 5.32 Å². The molecule has 1 aliphatic rings. The average Bonchev–Trinajstić information content (AvgIpc) is 2.43. The molecule has 1 aromatic rings. The van der Waals surface area contributed by atoms with E-state index in [1.807, 2.05) is 6.92 Å². The van der Waals surface area contributed by atoms with Crippen LogP contribution in [0.25, 0.3) is 0 Å². The molecule has 1 aliphatic heterocycles. The van der Waals surface area contributed by atoms with Gasteiger partial charge in [-0.25, -0.2) is 12.8 Å². The van der Waals surface area contributed by atoms with Gasteiger partial charge in [0, 0.05) is 12.6 Å². The maximum atomic E-state index is 13.8. The van der Waals surface area contributed by atoms with Crippen molar-refractivity contribution in [3.63, 3.8) is 0 Å². The van der Waals surface area contributed by atoms with Gasteiger partial charge in [-0.2, -0.15) is 0 Å². The van der Waals surface area contributed by atoms with E-state index in [2.05, 4.69) is 10.6 Å². The van der Waals surface area contributed by atoms with Gasteiger partial charge in [-0.1, -0.05) is 6.07 Å². The molecule has 7 heteroatoms. The molecule has 1 amide bonds. The predicted octanol–water partition coefficient (Wildman–Crippen LogP) is 1.56. The summed E-state index contributed by atoms with van der Waals surface area (Å²) in [7, 11) is -2.96. The predicted molar refractivity (Wildman–Crippen MR) is 79.7 cm³/mol. The number of amides is 1. The van der Waals surface area contributed by atoms with Crippen molar-refractivity contribution in [2.45, 2.75) is 25.8 Å². The summed E-state index contributed by atoms with van der Waals surface area (Å²) in [6, 6.07) is 4.15. The maximum Gasteiger partial charge on any atom is 0.253 e. The van der Waals surface area contributed by atoms with Crippen LogP contribution in [-0.2, 0) is 9.84 Å². The molecule has 1 heterocycles. The van der Waals surface area contributed by atoms with Crippen molar-refractivity contribution < 1.29 is 17.6 Å². The molecule has 2 N–H and O–H groups in total. The summed E-state index contributed by atoms with van der Waals surface area (Å²) in [5.74, 6) is -0.687. The average molecular weight is 314 g/mol. The number of anilines is 1. The minimum atomic E-state index is -2.96. The highest BCUT2D eigenvalue weighted by molar-refractivity contribution is 7.91. The number of rotatable bonds is 4. The number of sulfone groups is 1. The first-order chi connectivity index (χ1) is 9.93. The van der Waals surface area contributed by atoms with Gasteiger partial charge in [0.15, 0.2) is 0 Å². The van der Waals surface area contributed by atoms with Gasteiger partial charge in [-0.05, 0) is 31.9 Å². The first-order valence-electron chi connectivity index (χ1n) is 6.96. The molecular weight excluding hydrogens is 295 g/mol. The van der Waals surface area contributed by atoms with Gasteiger partial charge in [0.05, 0.1) is 22.8 Å². The van der Waals surface area contributed by atoms with Crippen LogP contribution in [0.3, 0.4) is 0 Å². The van der Waals surface area contributed by atoms with Crippen LogP contribution in [0.15, 0.2) is 18.2 Å². The molecule has 0 spiro atoms. The monoisotopic (exact) mass is 314 g/mol. The van der Waals surface area contributed by atoms with Crippen LogP contribution in [0.2, 0.25) is 0 Å². The Hall–Kier alpha value is -1.63. The number of carbonyl (C=O) groups is 1. The molecule has 1 fully saturated rings. The number of nitrogens with one attached hydrogen (secondary N) is 2. The van der Waals surface area contributed by atoms with E-state index in [0.29, 0.717) is 19.4 Å². The zero-order valence-corrected chi connectivity index (χ0v) is 12.7. The van der Waals surface area contributed by atoms with Crippen molar-refractivity contribution in [3.05, 3.63) is 29.6 Å². The fourth-order valence-electron chi connectivity index (χ4n) is 2.37. The Kier molecular flexibility index (Phi) is 4.82. The largest absolute Gasteiger partial charge is 0.382 e. The summed E-state index contributed by atoms with van der Waals surface area (Å²) in [5.41, 5.74) is 0.422. The van der Waals surface area contributed by atoms with Gasteiger partial charge in [-0.3, -0.25) is 4.79 Å². The van der Waals surface area contributed by atoms with Gasteiger partial charge in [0.25, 0.3) is 5.91 Å². The van der Waals surface area contributed by atoms with E-state index in [0.717, 1.165) is 0 Å². The lowest BCUT2D eigenvalue weighted by Gasteiger charge is -2.23. The summed E-state index contributed by atoms with van der Waals surface area (Å²) in [5, 5.41) is 5.63. The fourth-order valence-corrected chi connectivity index (χ4v) is 3.86. The van der Waals surface area contributed by atoms with E-state index >= 15 is 0 Å². The lowest BCUT2D eigenvalue weighted by Crippen LogP contribution is -2.41. The standard InChI is InChI=1S/C14H19FN2O3S/c1-2-16-13-11(4-3-5-12(13)15)14(18)17-10-6-8-21(19,20)9-7-10/h3-5,10,16H,2,6-9H2,1H3,(H,17,18). The molecule has 0 bridgehead atoms. The molecule has 0 aliphatic carbocycles. The van der Waals surface area contributed by atoms with Crippen molar-refractivity contribution in [3.8, 4) is 0 Å². The fraction of sp³-hybridized carbons (Fsp3) is 0.500. The Morgan fingerprint density at radius 2 is 2.00 bits per heavy atom. The zero-order chi connectivity index (χ0) is 15.5. The lowest BCUT2D eigenvalue weighted by molar-refractivity contribution is 0.0934. The molecule has 21 heavy (non-hydrogen) atoms. The van der Waals surface area contributed by atoms with Crippen LogP contribution >= 0.6 is 0 Å². The molecular formula is C14H19FN2O3S. The van der Waals surface area contributed by atoms with Gasteiger partial charge in [-0.15, -0.1) is 0 Å². The Morgan fingerprint density at radius 1 is 1.33 bits per heavy atom. The van der Waals surface area contributed by atoms with Crippen LogP contribution in [0.1, 0.15) is 30.1 Å². The Labute approximate surface area is 123 Å². The number of para-hydroxylation sites is 1. The SMILES string of the molecule is CCNc1c(F)cccc1C(=O)NC1CCS(=O)(=O)CC1. The Bertz CT molecular complexity index is 617. The van der Waals surface area contributed by atoms with Gasteiger partial charge in [0.1, 0.15) is 15.7 Å². The molecule has 0 atom stereocenters. The van der Waals surface area contributed by atoms with Crippen molar-refractivity contribution >= 4 is 21.4 Å². The quantitative estimate of drug-likeness (QED) is 0.884. The number of carbonyl (C=O) groups excluding carboxylic acids is 1. The van der Waals surface area contributed by atoms with Crippen molar-refractivity contribution in [2.24, 2.45) is 0 Å². The second-order valence-corrected chi connectivity index (χ2v) is 7.40. The minimum absolute atomic E-state index is 0.0845. The van der Waals surface area contributed by atoms with E-state index in [9.17, 15) is 17.6 Å². The molecule has 2 rings (SSSR count). The first kappa shape index (κ1) is 15.8. The second-order valence-electron chi connectivity index (χ2n) is 5.09. The van der Waals surface area contributed by atoms with E-state index < -0.39 is 15.7 Å². The number of halogens is 1. The maximum absolute atomic E-state index is 13.8. The van der Waals surface area contributed by atoms with Gasteiger partial charge < -0.3 is 10.6 Å². The minimum Gasteiger partial charge on any atom is -0.382 e. The van der Waals surface area contributed by atoms with Crippen LogP contribution in [-0.4, -0.2) is 38.4 Å². The molecule has 0 unspecified atom stereocenters. The highest BCUT2D eigenvalue weighted by Crippen LogP contribution is 2.20. The molecule has 0 radical (unpaired) electrons. The third-order valence-electron chi connectivity index (χ3n) is 3.50. The summed E-state index contributed by atoms with van der Waals surface area (Å²) in [6.45, 7) is 2.32. The summed E-state index contributed by atoms with van der Waals surface area (Å²) >= 11 is 0. The van der Waals surface area contributed by atoms with Gasteiger partial charge in [0.2, 0.25) is 0 Å². The molecule has 1 aromatic carbocycles. The van der Waals surface area contributed by atoms with E-state index in [1.165, 1.54) is 12.1 Å². The third kappa shape index (κ3) is 3.93. The molecule has 116 valence electrons. The van der Waals surface area contributed by atoms with Crippen molar-refractivity contribution in [2.75, 3.05) is 23.4 Å². The Balaban J connectivity index is 2.09. The lowest BCUT2D eigenvalue weighted by atomic mass is 10.1. The normalized spacial score (nSPS) is 18.2. The molecule has 0 aromatic heterocycles. The highest BCUT2D eigenvalue weighted by atomic mass is 32.2. The summed E-state index contributed by atoms with van der Waals surface area (Å²) in [4.78, 5) is 12.3. The molecule has 5 nitrogen and oxygen atoms in total. The number of hydrogen-bond donors (Lipinski definition) is 2. The van der Waals surface area contributed by atoms with Crippen LogP contribution in [0, 0.1) is 5.82 Å². The third-order valence-corrected chi connectivity index (χ3v) is 5.22. The summed E-state index contributed by atoms with van der Waals surface area (Å²) in [6.07, 6.45) is 0.805. The van der Waals surface area contributed by atoms with Crippen molar-refractivity contribution in [1.29, 1.82) is 0 Å². The second kappa shape index (κ2) is 6.43. The molecule has 0 saturated carbocycles. The van der Waals surface area contributed by atoms with Crippen LogP contribution < -0.4 is 10.6 Å². The van der Waals surface area contributed by atoms with Gasteiger partial charge >= 0.3 is 0 Å². The smallest absolute Gasteiger partial charge is 0.253 e. The van der Waals surface area contributed by atoms with Crippen LogP contribution in [0.4, 0.5) is 10.1 Å². The van der Waals surface area contributed by atoms with Crippen LogP contribution in [0.5, 0.6) is 0 Å². The highest BCUT2D eigenvalue weighted by Gasteiger charge is 2.25. The van der Waals surface area contributed by atoms with E-state index in [4.69, 9.17) is 0 Å². The zero-order valence-electron chi connectivity index (χ0n) is 11.9. The van der Waals surface area contributed by atoms with E-state index in [-0.39, 0.29) is 34.7 Å². The number of benzene rings is 1. The summed E-state index contributed by atoms with van der Waals surface area (Å²) < 4.78 is 36.5. The topological polar surface area (TPSA) is 75.3 Å². The first-order valence-corrected chi connectivity index (χ1v) is 8.79. The molecule has 1 saturated heterocycles. The number of hydrogen-bond acceptors (Lipinski definition) is 4.